The van der Waals surface area contributed by atoms with E-state index in [-0.39, 0.29) is 17.6 Å². The molecule has 3 atom stereocenters. The summed E-state index contributed by atoms with van der Waals surface area (Å²) < 4.78 is 11.9. The van der Waals surface area contributed by atoms with Crippen LogP contribution in [0.25, 0.3) is 0 Å². The summed E-state index contributed by atoms with van der Waals surface area (Å²) in [6.07, 6.45) is 5.08. The van der Waals surface area contributed by atoms with Crippen LogP contribution in [0.2, 0.25) is 0 Å². The first kappa shape index (κ1) is 19.7. The molecule has 0 bridgehead atoms. The second-order valence-electron chi connectivity index (χ2n) is 8.99. The fourth-order valence-electron chi connectivity index (χ4n) is 5.11. The Labute approximate surface area is 177 Å². The van der Waals surface area contributed by atoms with Gasteiger partial charge in [-0.15, -0.1) is 0 Å². The lowest BCUT2D eigenvalue weighted by molar-refractivity contribution is -0.00584. The van der Waals surface area contributed by atoms with Crippen molar-refractivity contribution < 1.29 is 9.47 Å². The summed E-state index contributed by atoms with van der Waals surface area (Å²) in [4.78, 5) is 18.7. The molecule has 30 heavy (non-hydrogen) atoms. The average molecular weight is 411 g/mol. The number of anilines is 2. The van der Waals surface area contributed by atoms with Crippen molar-refractivity contribution in [2.45, 2.75) is 51.0 Å². The topological polar surface area (TPSA) is 89.6 Å². The zero-order valence-electron chi connectivity index (χ0n) is 17.8. The number of nitrogens with zero attached hydrogens (tertiary/aromatic N) is 5. The summed E-state index contributed by atoms with van der Waals surface area (Å²) in [6, 6.07) is 4.00. The van der Waals surface area contributed by atoms with Crippen molar-refractivity contribution in [3.05, 3.63) is 41.3 Å². The van der Waals surface area contributed by atoms with Gasteiger partial charge in [-0.25, -0.2) is 15.0 Å². The molecular weight excluding hydrogens is 380 g/mol. The number of nitrogens with two attached hydrogens (primary N) is 1. The number of fused-ring (bicyclic) bond motifs is 2. The van der Waals surface area contributed by atoms with Gasteiger partial charge in [-0.2, -0.15) is 0 Å². The Morgan fingerprint density at radius 1 is 1.23 bits per heavy atom. The van der Waals surface area contributed by atoms with Crippen LogP contribution in [0.3, 0.4) is 0 Å². The van der Waals surface area contributed by atoms with E-state index in [9.17, 15) is 0 Å². The Kier molecular flexibility index (Phi) is 5.08. The number of likely N-dealkylation sites (tertiary alicyclic amines) is 1. The molecule has 8 heteroatoms. The van der Waals surface area contributed by atoms with Gasteiger partial charge in [0.2, 0.25) is 5.95 Å². The highest BCUT2D eigenvalue weighted by Gasteiger charge is 2.45. The summed E-state index contributed by atoms with van der Waals surface area (Å²) >= 11 is 0. The van der Waals surface area contributed by atoms with Gasteiger partial charge < -0.3 is 20.1 Å². The Bertz CT molecular complexity index is 914. The van der Waals surface area contributed by atoms with Crippen LogP contribution in [0.1, 0.15) is 37.1 Å². The number of rotatable bonds is 3. The molecule has 0 aliphatic carbocycles. The number of hydrogen-bond acceptors (Lipinski definition) is 8. The SMILES string of the molecule is C[C@@H]1CN(c2ncc3c(n2)[C@@]2(CCN(Cc4cccnc4N)C2)COC3)C[C@H](C)O1. The Balaban J connectivity index is 1.40. The van der Waals surface area contributed by atoms with Crippen LogP contribution < -0.4 is 10.6 Å². The lowest BCUT2D eigenvalue weighted by Gasteiger charge is -2.38. The minimum Gasteiger partial charge on any atom is -0.383 e. The minimum absolute atomic E-state index is 0.0915. The normalized spacial score (nSPS) is 29.3. The number of hydrogen-bond donors (Lipinski definition) is 1. The van der Waals surface area contributed by atoms with Gasteiger partial charge in [-0.3, -0.25) is 4.90 Å². The first-order valence-electron chi connectivity index (χ1n) is 10.8. The van der Waals surface area contributed by atoms with E-state index in [1.54, 1.807) is 6.20 Å². The van der Waals surface area contributed by atoms with Crippen LogP contribution in [-0.2, 0) is 28.0 Å². The zero-order chi connectivity index (χ0) is 20.7. The molecule has 2 aromatic rings. The Hall–Kier alpha value is -2.29. The van der Waals surface area contributed by atoms with E-state index in [0.29, 0.717) is 19.0 Å². The van der Waals surface area contributed by atoms with Gasteiger partial charge in [0.25, 0.3) is 0 Å². The maximum absolute atomic E-state index is 6.07. The summed E-state index contributed by atoms with van der Waals surface area (Å²) in [6.45, 7) is 9.83. The summed E-state index contributed by atoms with van der Waals surface area (Å²) in [5.74, 6) is 1.42. The van der Waals surface area contributed by atoms with Gasteiger partial charge in [0.1, 0.15) is 5.82 Å². The van der Waals surface area contributed by atoms with Crippen molar-refractivity contribution >= 4 is 11.8 Å². The Morgan fingerprint density at radius 3 is 2.87 bits per heavy atom. The van der Waals surface area contributed by atoms with Crippen LogP contribution in [0, 0.1) is 0 Å². The fourth-order valence-corrected chi connectivity index (χ4v) is 5.11. The van der Waals surface area contributed by atoms with E-state index in [2.05, 4.69) is 39.7 Å². The molecule has 0 aromatic carbocycles. The first-order valence-corrected chi connectivity index (χ1v) is 10.8. The minimum atomic E-state index is -0.0915. The van der Waals surface area contributed by atoms with Crippen molar-refractivity contribution in [1.82, 2.24) is 19.9 Å². The molecule has 5 heterocycles. The predicted molar refractivity (Wildman–Crippen MR) is 114 cm³/mol. The van der Waals surface area contributed by atoms with E-state index in [0.717, 1.165) is 61.9 Å². The molecule has 0 unspecified atom stereocenters. The molecule has 2 saturated heterocycles. The van der Waals surface area contributed by atoms with E-state index in [1.807, 2.05) is 12.3 Å². The van der Waals surface area contributed by atoms with Gasteiger partial charge in [-0.05, 0) is 32.9 Å². The van der Waals surface area contributed by atoms with Gasteiger partial charge in [-0.1, -0.05) is 6.07 Å². The van der Waals surface area contributed by atoms with E-state index in [1.165, 1.54) is 0 Å². The van der Waals surface area contributed by atoms with Crippen LogP contribution in [0.4, 0.5) is 11.8 Å². The van der Waals surface area contributed by atoms with Gasteiger partial charge in [0, 0.05) is 49.7 Å². The first-order chi connectivity index (χ1) is 14.5. The molecule has 3 aliphatic rings. The zero-order valence-corrected chi connectivity index (χ0v) is 17.8. The number of pyridine rings is 1. The molecule has 0 amide bonds. The van der Waals surface area contributed by atoms with Crippen LogP contribution in [0.15, 0.2) is 24.5 Å². The standard InChI is InChI=1S/C22H30N6O2/c1-15-9-28(10-16(2)30-15)21-25-8-18-12-29-14-22(19(18)26-21)5-7-27(13-22)11-17-4-3-6-24-20(17)23/h3-4,6,8,15-16H,5,7,9-14H2,1-2H3,(H2,23,24)/t15-,16+,22-/m1/s1. The number of nitrogen functional groups attached to an aromatic ring is 1. The van der Waals surface area contributed by atoms with Crippen molar-refractivity contribution in [3.8, 4) is 0 Å². The van der Waals surface area contributed by atoms with Crippen molar-refractivity contribution in [2.75, 3.05) is 43.4 Å². The maximum atomic E-state index is 6.07. The lowest BCUT2D eigenvalue weighted by atomic mass is 9.80. The van der Waals surface area contributed by atoms with E-state index < -0.39 is 0 Å². The highest BCUT2D eigenvalue weighted by molar-refractivity contribution is 5.40. The molecule has 2 N–H and O–H groups in total. The van der Waals surface area contributed by atoms with Crippen LogP contribution in [0.5, 0.6) is 0 Å². The van der Waals surface area contributed by atoms with Gasteiger partial charge in [0.05, 0.1) is 36.5 Å². The lowest BCUT2D eigenvalue weighted by Crippen LogP contribution is -2.47. The average Bonchev–Trinajstić information content (AvgIpc) is 3.12. The van der Waals surface area contributed by atoms with Crippen LogP contribution >= 0.6 is 0 Å². The Morgan fingerprint density at radius 2 is 2.07 bits per heavy atom. The predicted octanol–water partition coefficient (Wildman–Crippen LogP) is 1.74. The molecular formula is C22H30N6O2. The molecule has 3 aliphatic heterocycles. The van der Waals surface area contributed by atoms with Crippen molar-refractivity contribution in [3.63, 3.8) is 0 Å². The van der Waals surface area contributed by atoms with Crippen LogP contribution in [-0.4, -0.2) is 64.8 Å². The molecule has 0 saturated carbocycles. The molecule has 2 fully saturated rings. The second kappa shape index (κ2) is 7.76. The third-order valence-electron chi connectivity index (χ3n) is 6.45. The monoisotopic (exact) mass is 410 g/mol. The van der Waals surface area contributed by atoms with E-state index in [4.69, 9.17) is 20.2 Å². The highest BCUT2D eigenvalue weighted by Crippen LogP contribution is 2.40. The smallest absolute Gasteiger partial charge is 0.225 e. The van der Waals surface area contributed by atoms with Crippen molar-refractivity contribution in [2.24, 2.45) is 0 Å². The van der Waals surface area contributed by atoms with Gasteiger partial charge >= 0.3 is 0 Å². The third-order valence-corrected chi connectivity index (χ3v) is 6.45. The number of ether oxygens (including phenoxy) is 2. The molecule has 0 radical (unpaired) electrons. The largest absolute Gasteiger partial charge is 0.383 e. The quantitative estimate of drug-likeness (QED) is 0.819. The second-order valence-corrected chi connectivity index (χ2v) is 8.99. The molecule has 160 valence electrons. The molecule has 2 aromatic heterocycles. The summed E-state index contributed by atoms with van der Waals surface area (Å²) in [7, 11) is 0. The molecule has 5 rings (SSSR count). The highest BCUT2D eigenvalue weighted by atomic mass is 16.5. The van der Waals surface area contributed by atoms with E-state index >= 15 is 0 Å². The van der Waals surface area contributed by atoms with Gasteiger partial charge in [0.15, 0.2) is 0 Å². The van der Waals surface area contributed by atoms with Crippen molar-refractivity contribution in [1.29, 1.82) is 0 Å². The third kappa shape index (κ3) is 3.64. The molecule has 8 nitrogen and oxygen atoms in total. The summed E-state index contributed by atoms with van der Waals surface area (Å²) in [5, 5.41) is 0. The molecule has 1 spiro atoms. The summed E-state index contributed by atoms with van der Waals surface area (Å²) in [5.41, 5.74) is 9.33. The number of aromatic nitrogens is 3. The maximum Gasteiger partial charge on any atom is 0.225 e. The fraction of sp³-hybridized carbons (Fsp3) is 0.591. The number of morpholine rings is 1.